The number of rotatable bonds is 5. The van der Waals surface area contributed by atoms with E-state index in [4.69, 9.17) is 0 Å². The van der Waals surface area contributed by atoms with E-state index in [0.717, 1.165) is 0 Å². The predicted octanol–water partition coefficient (Wildman–Crippen LogP) is 3.46. The second-order valence-corrected chi connectivity index (χ2v) is 5.75. The molecule has 2 N–H and O–H groups in total. The Bertz CT molecular complexity index is 973. The van der Waals surface area contributed by atoms with Crippen molar-refractivity contribution in [1.29, 1.82) is 0 Å². The number of aromatic nitrogens is 1. The highest BCUT2D eigenvalue weighted by Crippen LogP contribution is 2.39. The Balaban J connectivity index is 2.26. The van der Waals surface area contributed by atoms with Gasteiger partial charge in [-0.25, -0.2) is 0 Å². The van der Waals surface area contributed by atoms with Crippen molar-refractivity contribution < 1.29 is 14.8 Å². The molecule has 1 aromatic heterocycles. The van der Waals surface area contributed by atoms with E-state index in [0.29, 0.717) is 5.56 Å². The van der Waals surface area contributed by atoms with Gasteiger partial charge in [-0.15, -0.1) is 0 Å². The number of hydrogen-bond donors (Lipinski definition) is 2. The number of nitro benzene ring substituents is 1. The van der Waals surface area contributed by atoms with Crippen LogP contribution in [0.2, 0.25) is 0 Å². The standard InChI is InChI=1S/C19H17N3O4/c1-2-16(23)21-17(12-7-4-3-5-8-12)14-11-15(22(25)26)13-9-6-10-20-18(13)19(14)24/h3-11,17,24H,2H2,1H3,(H,21,23). The molecule has 2 aromatic carbocycles. The molecule has 3 rings (SSSR count). The summed E-state index contributed by atoms with van der Waals surface area (Å²) in [6, 6.07) is 12.7. The third-order valence-electron chi connectivity index (χ3n) is 4.14. The van der Waals surface area contributed by atoms with E-state index in [1.165, 1.54) is 18.3 Å². The van der Waals surface area contributed by atoms with Crippen LogP contribution in [0.3, 0.4) is 0 Å². The van der Waals surface area contributed by atoms with E-state index >= 15 is 0 Å². The van der Waals surface area contributed by atoms with Crippen molar-refractivity contribution in [2.24, 2.45) is 0 Å². The quantitative estimate of drug-likeness (QED) is 0.541. The van der Waals surface area contributed by atoms with Gasteiger partial charge in [0, 0.05) is 24.2 Å². The van der Waals surface area contributed by atoms with Gasteiger partial charge < -0.3 is 10.4 Å². The molecule has 0 spiro atoms. The van der Waals surface area contributed by atoms with Crippen molar-refractivity contribution in [2.75, 3.05) is 0 Å². The van der Waals surface area contributed by atoms with Crippen LogP contribution in [0.4, 0.5) is 5.69 Å². The van der Waals surface area contributed by atoms with E-state index in [-0.39, 0.29) is 40.2 Å². The molecule has 132 valence electrons. The summed E-state index contributed by atoms with van der Waals surface area (Å²) < 4.78 is 0. The molecule has 0 saturated carbocycles. The number of non-ortho nitro benzene ring substituents is 1. The summed E-state index contributed by atoms with van der Waals surface area (Å²) in [7, 11) is 0. The Hall–Kier alpha value is -3.48. The lowest BCUT2D eigenvalue weighted by Crippen LogP contribution is -2.28. The molecule has 26 heavy (non-hydrogen) atoms. The summed E-state index contributed by atoms with van der Waals surface area (Å²) in [4.78, 5) is 27.1. The van der Waals surface area contributed by atoms with Crippen LogP contribution in [0.1, 0.15) is 30.5 Å². The van der Waals surface area contributed by atoms with Gasteiger partial charge in [0.25, 0.3) is 5.69 Å². The first kappa shape index (κ1) is 17.3. The van der Waals surface area contributed by atoms with Crippen molar-refractivity contribution in [1.82, 2.24) is 10.3 Å². The van der Waals surface area contributed by atoms with Gasteiger partial charge in [-0.3, -0.25) is 19.9 Å². The first-order valence-electron chi connectivity index (χ1n) is 8.12. The molecule has 7 nitrogen and oxygen atoms in total. The minimum atomic E-state index is -0.728. The molecular formula is C19H17N3O4. The van der Waals surface area contributed by atoms with Crippen LogP contribution in [0.25, 0.3) is 10.9 Å². The average molecular weight is 351 g/mol. The Labute approximate surface area is 149 Å². The second-order valence-electron chi connectivity index (χ2n) is 5.75. The zero-order chi connectivity index (χ0) is 18.7. The van der Waals surface area contributed by atoms with Crippen molar-refractivity contribution >= 4 is 22.5 Å². The van der Waals surface area contributed by atoms with Crippen LogP contribution >= 0.6 is 0 Å². The van der Waals surface area contributed by atoms with E-state index < -0.39 is 11.0 Å². The molecule has 0 aliphatic rings. The Morgan fingerprint density at radius 1 is 1.27 bits per heavy atom. The molecule has 0 aliphatic carbocycles. The number of carbonyl (C=O) groups is 1. The largest absolute Gasteiger partial charge is 0.505 e. The number of nitrogens with one attached hydrogen (secondary N) is 1. The fourth-order valence-corrected chi connectivity index (χ4v) is 2.85. The summed E-state index contributed by atoms with van der Waals surface area (Å²) >= 11 is 0. The van der Waals surface area contributed by atoms with Crippen LogP contribution < -0.4 is 5.32 Å². The van der Waals surface area contributed by atoms with Gasteiger partial charge in [-0.1, -0.05) is 37.3 Å². The Morgan fingerprint density at radius 2 is 2.00 bits per heavy atom. The lowest BCUT2D eigenvalue weighted by molar-refractivity contribution is -0.383. The molecule has 0 radical (unpaired) electrons. The molecule has 0 aliphatic heterocycles. The van der Waals surface area contributed by atoms with Gasteiger partial charge in [0.2, 0.25) is 5.91 Å². The first-order valence-corrected chi connectivity index (χ1v) is 8.12. The molecule has 0 saturated heterocycles. The van der Waals surface area contributed by atoms with Gasteiger partial charge >= 0.3 is 0 Å². The number of nitrogens with zero attached hydrogens (tertiary/aromatic N) is 2. The summed E-state index contributed by atoms with van der Waals surface area (Å²) in [5, 5.41) is 25.3. The van der Waals surface area contributed by atoms with Gasteiger partial charge in [0.15, 0.2) is 0 Å². The SMILES string of the molecule is CCC(=O)NC(c1ccccc1)c1cc([N+](=O)[O-])c2cccnc2c1O. The molecule has 1 atom stereocenters. The third-order valence-corrected chi connectivity index (χ3v) is 4.14. The maximum absolute atomic E-state index is 12.0. The molecule has 3 aromatic rings. The minimum absolute atomic E-state index is 0.128. The highest BCUT2D eigenvalue weighted by molar-refractivity contribution is 5.93. The monoisotopic (exact) mass is 351 g/mol. The number of hydrogen-bond acceptors (Lipinski definition) is 5. The second kappa shape index (κ2) is 7.18. The zero-order valence-electron chi connectivity index (χ0n) is 14.0. The van der Waals surface area contributed by atoms with E-state index in [1.807, 2.05) is 6.07 Å². The van der Waals surface area contributed by atoms with Crippen LogP contribution in [0.5, 0.6) is 5.75 Å². The number of nitro groups is 1. The van der Waals surface area contributed by atoms with Crippen molar-refractivity contribution in [3.8, 4) is 5.75 Å². The average Bonchev–Trinajstić information content (AvgIpc) is 2.67. The summed E-state index contributed by atoms with van der Waals surface area (Å²) in [6.45, 7) is 1.71. The number of benzene rings is 2. The number of aromatic hydroxyl groups is 1. The number of carbonyl (C=O) groups excluding carboxylic acids is 1. The Morgan fingerprint density at radius 3 is 2.65 bits per heavy atom. The maximum atomic E-state index is 12.0. The van der Waals surface area contributed by atoms with Crippen molar-refractivity contribution in [2.45, 2.75) is 19.4 Å². The summed E-state index contributed by atoms with van der Waals surface area (Å²) in [5.41, 5.74) is 0.890. The fourth-order valence-electron chi connectivity index (χ4n) is 2.85. The van der Waals surface area contributed by atoms with Crippen LogP contribution in [0.15, 0.2) is 54.7 Å². The van der Waals surface area contributed by atoms with Gasteiger partial charge in [0.05, 0.1) is 16.4 Å². The van der Waals surface area contributed by atoms with Crippen LogP contribution in [-0.4, -0.2) is 20.9 Å². The van der Waals surface area contributed by atoms with Gasteiger partial charge in [-0.2, -0.15) is 0 Å². The van der Waals surface area contributed by atoms with Gasteiger partial charge in [0.1, 0.15) is 11.3 Å². The third kappa shape index (κ3) is 3.19. The number of pyridine rings is 1. The molecule has 0 fully saturated rings. The molecule has 7 heteroatoms. The molecule has 0 bridgehead atoms. The van der Waals surface area contributed by atoms with Crippen molar-refractivity contribution in [3.63, 3.8) is 0 Å². The number of phenolic OH excluding ortho intramolecular Hbond substituents is 1. The van der Waals surface area contributed by atoms with Crippen LogP contribution in [-0.2, 0) is 4.79 Å². The highest BCUT2D eigenvalue weighted by Gasteiger charge is 2.26. The van der Waals surface area contributed by atoms with Crippen LogP contribution in [0, 0.1) is 10.1 Å². The topological polar surface area (TPSA) is 105 Å². The summed E-state index contributed by atoms with van der Waals surface area (Å²) in [6.07, 6.45) is 1.70. The normalized spacial score (nSPS) is 11.9. The van der Waals surface area contributed by atoms with E-state index in [1.54, 1.807) is 37.3 Å². The predicted molar refractivity (Wildman–Crippen MR) is 96.8 cm³/mol. The number of phenols is 1. The summed E-state index contributed by atoms with van der Waals surface area (Å²) in [5.74, 6) is -0.418. The van der Waals surface area contributed by atoms with E-state index in [2.05, 4.69) is 10.3 Å². The number of fused-ring (bicyclic) bond motifs is 1. The number of amides is 1. The first-order chi connectivity index (χ1) is 12.5. The zero-order valence-corrected chi connectivity index (χ0v) is 14.0. The van der Waals surface area contributed by atoms with Crippen molar-refractivity contribution in [3.05, 3.63) is 76.0 Å². The maximum Gasteiger partial charge on any atom is 0.279 e. The van der Waals surface area contributed by atoms with Gasteiger partial charge in [-0.05, 0) is 17.7 Å². The molecular weight excluding hydrogens is 334 g/mol. The molecule has 1 unspecified atom stereocenters. The lowest BCUT2D eigenvalue weighted by Gasteiger charge is -2.21. The highest BCUT2D eigenvalue weighted by atomic mass is 16.6. The molecule has 1 heterocycles. The van der Waals surface area contributed by atoms with E-state index in [9.17, 15) is 20.0 Å². The lowest BCUT2D eigenvalue weighted by atomic mass is 9.95. The molecule has 1 amide bonds. The minimum Gasteiger partial charge on any atom is -0.505 e. The smallest absolute Gasteiger partial charge is 0.279 e. The fraction of sp³-hybridized carbons (Fsp3) is 0.158. The Kier molecular flexibility index (Phi) is 4.79.